The number of aliphatic hydroxyl groups is 1. The molecule has 0 unspecified atom stereocenters. The Morgan fingerprint density at radius 1 is 1.14 bits per heavy atom. The van der Waals surface area contributed by atoms with Crippen LogP contribution in [0, 0.1) is 12.7 Å². The zero-order valence-electron chi connectivity index (χ0n) is 21.2. The summed E-state index contributed by atoms with van der Waals surface area (Å²) in [7, 11) is -1.23. The molecule has 0 aliphatic carbocycles. The van der Waals surface area contributed by atoms with Gasteiger partial charge in [-0.05, 0) is 31.2 Å². The van der Waals surface area contributed by atoms with Gasteiger partial charge in [-0.1, -0.05) is 43.1 Å². The van der Waals surface area contributed by atoms with Gasteiger partial charge in [-0.25, -0.2) is 14.4 Å². The van der Waals surface area contributed by atoms with E-state index in [-0.39, 0.29) is 18.4 Å². The molecule has 9 nitrogen and oxygen atoms in total. The molecule has 4 rings (SSSR count). The summed E-state index contributed by atoms with van der Waals surface area (Å²) in [5, 5.41) is 9.23. The highest BCUT2D eigenvalue weighted by atomic mass is 32.1. The van der Waals surface area contributed by atoms with Gasteiger partial charge in [0.05, 0.1) is 35.3 Å². The average Bonchev–Trinajstić information content (AvgIpc) is 3.25. The molecule has 3 heterocycles. The third-order valence-corrected chi connectivity index (χ3v) is 7.88. The molecule has 0 spiro atoms. The van der Waals surface area contributed by atoms with E-state index in [0.29, 0.717) is 41.0 Å². The highest BCUT2D eigenvalue weighted by molar-refractivity contribution is 7.12. The standard InChI is InChI=1S/C25H29FN6O3SSi/c1-17-11-20(30-24(29-17)35-21-8-6-5-7-19(21)26)22-14-32(16-34-9-10-37(2,3)4)25(36-22)31-23-13-27-18(15-33)12-28-23/h5-8,11-14,33H,9-10,15-16H2,1-4H3/b31-25-. The van der Waals surface area contributed by atoms with Gasteiger partial charge >= 0.3 is 6.01 Å². The number of para-hydroxylation sites is 1. The summed E-state index contributed by atoms with van der Waals surface area (Å²) in [4.78, 5) is 23.3. The molecular weight excluding hydrogens is 511 g/mol. The van der Waals surface area contributed by atoms with E-state index in [1.54, 1.807) is 12.1 Å². The number of halogens is 1. The van der Waals surface area contributed by atoms with Crippen molar-refractivity contribution >= 4 is 25.2 Å². The van der Waals surface area contributed by atoms with Crippen molar-refractivity contribution in [2.45, 2.75) is 45.9 Å². The molecule has 0 fully saturated rings. The first kappa shape index (κ1) is 26.7. The van der Waals surface area contributed by atoms with Gasteiger partial charge in [0.2, 0.25) is 0 Å². The number of nitrogens with zero attached hydrogens (tertiary/aromatic N) is 6. The minimum absolute atomic E-state index is 0.0513. The summed E-state index contributed by atoms with van der Waals surface area (Å²) in [6.45, 7) is 9.52. The summed E-state index contributed by atoms with van der Waals surface area (Å²) in [6.07, 6.45) is 4.90. The third-order valence-electron chi connectivity index (χ3n) is 5.13. The Hall–Kier alpha value is -3.32. The lowest BCUT2D eigenvalue weighted by Gasteiger charge is -2.15. The largest absolute Gasteiger partial charge is 0.421 e. The molecule has 0 radical (unpaired) electrons. The van der Waals surface area contributed by atoms with E-state index in [1.807, 2.05) is 23.8 Å². The Morgan fingerprint density at radius 2 is 1.95 bits per heavy atom. The average molecular weight is 541 g/mol. The van der Waals surface area contributed by atoms with Gasteiger partial charge in [0, 0.05) is 26.6 Å². The number of aryl methyl sites for hydroxylation is 1. The second-order valence-electron chi connectivity index (χ2n) is 9.54. The number of thiazole rings is 1. The smallest absolute Gasteiger partial charge is 0.322 e. The maximum atomic E-state index is 14.1. The highest BCUT2D eigenvalue weighted by Crippen LogP contribution is 2.26. The monoisotopic (exact) mass is 540 g/mol. The van der Waals surface area contributed by atoms with Gasteiger partial charge in [0.15, 0.2) is 22.2 Å². The zero-order chi connectivity index (χ0) is 26.4. The van der Waals surface area contributed by atoms with Gasteiger partial charge in [-0.2, -0.15) is 9.98 Å². The van der Waals surface area contributed by atoms with Crippen molar-refractivity contribution in [3.8, 4) is 22.3 Å². The Morgan fingerprint density at radius 3 is 2.65 bits per heavy atom. The second kappa shape index (κ2) is 11.8. The van der Waals surface area contributed by atoms with E-state index >= 15 is 0 Å². The molecule has 3 aromatic heterocycles. The number of aliphatic hydroxyl groups excluding tert-OH is 1. The van der Waals surface area contributed by atoms with Gasteiger partial charge in [-0.15, -0.1) is 0 Å². The SMILES string of the molecule is Cc1cc(-c2cn(COCC[Si](C)(C)C)/c(=N/c3cnc(CO)cn3)s2)nc(Oc2ccccc2F)n1. The van der Waals surface area contributed by atoms with Crippen LogP contribution in [0.2, 0.25) is 25.7 Å². The highest BCUT2D eigenvalue weighted by Gasteiger charge is 2.14. The Balaban J connectivity index is 1.67. The summed E-state index contributed by atoms with van der Waals surface area (Å²) >= 11 is 1.40. The van der Waals surface area contributed by atoms with E-state index in [2.05, 4.69) is 44.6 Å². The number of aromatic nitrogens is 5. The molecule has 4 aromatic rings. The maximum absolute atomic E-state index is 14.1. The van der Waals surface area contributed by atoms with E-state index in [4.69, 9.17) is 9.47 Å². The molecule has 1 N–H and O–H groups in total. The number of hydrogen-bond donors (Lipinski definition) is 1. The molecule has 0 aliphatic heterocycles. The van der Waals surface area contributed by atoms with Crippen molar-refractivity contribution in [3.63, 3.8) is 0 Å². The van der Waals surface area contributed by atoms with Crippen LogP contribution in [0.25, 0.3) is 10.6 Å². The minimum Gasteiger partial charge on any atom is -0.421 e. The lowest BCUT2D eigenvalue weighted by atomic mass is 10.3. The van der Waals surface area contributed by atoms with Crippen LogP contribution in [0.1, 0.15) is 11.4 Å². The Kier molecular flexibility index (Phi) is 8.54. The number of ether oxygens (including phenoxy) is 2. The van der Waals surface area contributed by atoms with Crippen LogP contribution >= 0.6 is 11.3 Å². The molecule has 12 heteroatoms. The molecule has 0 aliphatic rings. The molecule has 1 aromatic carbocycles. The van der Waals surface area contributed by atoms with Crippen molar-refractivity contribution in [1.82, 2.24) is 24.5 Å². The molecular formula is C25H29FN6O3SSi. The first-order valence-electron chi connectivity index (χ1n) is 11.7. The molecule has 0 saturated heterocycles. The normalized spacial score (nSPS) is 12.2. The van der Waals surface area contributed by atoms with E-state index < -0.39 is 13.9 Å². The van der Waals surface area contributed by atoms with E-state index in [9.17, 15) is 9.50 Å². The summed E-state index contributed by atoms with van der Waals surface area (Å²) in [5.41, 5.74) is 1.75. The second-order valence-corrected chi connectivity index (χ2v) is 16.2. The van der Waals surface area contributed by atoms with Crippen LogP contribution in [-0.4, -0.2) is 44.3 Å². The van der Waals surface area contributed by atoms with Gasteiger partial charge in [0.25, 0.3) is 0 Å². The minimum atomic E-state index is -1.23. The summed E-state index contributed by atoms with van der Waals surface area (Å²) in [5.74, 6) is -0.0337. The van der Waals surface area contributed by atoms with Crippen LogP contribution in [0.15, 0.2) is 53.9 Å². The number of rotatable bonds is 10. The van der Waals surface area contributed by atoms with Gasteiger partial charge < -0.3 is 14.6 Å². The first-order chi connectivity index (χ1) is 17.7. The molecule has 0 atom stereocenters. The maximum Gasteiger partial charge on any atom is 0.322 e. The van der Waals surface area contributed by atoms with E-state index in [0.717, 1.165) is 10.9 Å². The van der Waals surface area contributed by atoms with Crippen molar-refractivity contribution in [2.75, 3.05) is 6.61 Å². The Bertz CT molecular complexity index is 1420. The van der Waals surface area contributed by atoms with Crippen LogP contribution in [0.3, 0.4) is 0 Å². The molecule has 0 saturated carbocycles. The van der Waals surface area contributed by atoms with Gasteiger partial charge in [-0.3, -0.25) is 9.55 Å². The van der Waals surface area contributed by atoms with E-state index in [1.165, 1.54) is 35.9 Å². The first-order valence-corrected chi connectivity index (χ1v) is 16.3. The fourth-order valence-electron chi connectivity index (χ4n) is 3.14. The van der Waals surface area contributed by atoms with Gasteiger partial charge in [0.1, 0.15) is 6.73 Å². The van der Waals surface area contributed by atoms with Crippen molar-refractivity contribution in [3.05, 3.63) is 70.9 Å². The lowest BCUT2D eigenvalue weighted by Crippen LogP contribution is -2.23. The van der Waals surface area contributed by atoms with Crippen molar-refractivity contribution < 1.29 is 19.0 Å². The molecule has 37 heavy (non-hydrogen) atoms. The third kappa shape index (κ3) is 7.58. The molecule has 0 bridgehead atoms. The predicted molar refractivity (Wildman–Crippen MR) is 142 cm³/mol. The van der Waals surface area contributed by atoms with Crippen LogP contribution in [0.4, 0.5) is 10.2 Å². The molecule has 0 amide bonds. The van der Waals surface area contributed by atoms with Crippen LogP contribution < -0.4 is 9.54 Å². The fraction of sp³-hybridized carbons (Fsp3) is 0.320. The lowest BCUT2D eigenvalue weighted by molar-refractivity contribution is 0.0855. The predicted octanol–water partition coefficient (Wildman–Crippen LogP) is 5.07. The number of hydrogen-bond acceptors (Lipinski definition) is 9. The zero-order valence-corrected chi connectivity index (χ0v) is 23.0. The van der Waals surface area contributed by atoms with Crippen molar-refractivity contribution in [2.24, 2.45) is 4.99 Å². The molecule has 194 valence electrons. The quantitative estimate of drug-likeness (QED) is 0.221. The summed E-state index contributed by atoms with van der Waals surface area (Å²) in [6, 6.07) is 9.05. The topological polar surface area (TPSA) is 108 Å². The Labute approximate surface area is 219 Å². The van der Waals surface area contributed by atoms with Crippen LogP contribution in [0.5, 0.6) is 11.8 Å². The number of benzene rings is 1. The van der Waals surface area contributed by atoms with Crippen LogP contribution in [-0.2, 0) is 18.1 Å². The fourth-order valence-corrected chi connectivity index (χ4v) is 4.85. The summed E-state index contributed by atoms with van der Waals surface area (Å²) < 4.78 is 27.6. The van der Waals surface area contributed by atoms with Crippen molar-refractivity contribution in [1.29, 1.82) is 0 Å².